The molecule has 0 aliphatic carbocycles. The van der Waals surface area contributed by atoms with Crippen molar-refractivity contribution in [1.82, 2.24) is 4.98 Å². The number of nitrogens with one attached hydrogen (secondary N) is 1. The third kappa shape index (κ3) is 1.19. The smallest absolute Gasteiger partial charge is 0.256 e. The van der Waals surface area contributed by atoms with Gasteiger partial charge in [-0.1, -0.05) is 0 Å². The van der Waals surface area contributed by atoms with Gasteiger partial charge in [0.15, 0.2) is 6.29 Å². The summed E-state index contributed by atoms with van der Waals surface area (Å²) in [6.45, 7) is 1.91. The van der Waals surface area contributed by atoms with E-state index in [2.05, 4.69) is 4.98 Å². The molecule has 0 saturated heterocycles. The Morgan fingerprint density at radius 2 is 2.31 bits per heavy atom. The van der Waals surface area contributed by atoms with Crippen LogP contribution in [0.25, 0.3) is 10.1 Å². The number of carbonyl (C=O) groups excluding carboxylic acids is 1. The van der Waals surface area contributed by atoms with Crippen molar-refractivity contribution in [1.29, 1.82) is 0 Å². The first kappa shape index (κ1) is 8.19. The van der Waals surface area contributed by atoms with Crippen LogP contribution in [-0.2, 0) is 0 Å². The van der Waals surface area contributed by atoms with Gasteiger partial charge in [-0.05, 0) is 18.6 Å². The molecule has 4 heteroatoms. The maximum Gasteiger partial charge on any atom is 0.256 e. The monoisotopic (exact) mass is 193 g/mol. The lowest BCUT2D eigenvalue weighted by Crippen LogP contribution is -2.03. The highest BCUT2D eigenvalue weighted by atomic mass is 32.1. The lowest BCUT2D eigenvalue weighted by molar-refractivity contribution is 0.112. The Kier molecular flexibility index (Phi) is 1.77. The first-order chi connectivity index (χ1) is 6.22. The van der Waals surface area contributed by atoms with Crippen molar-refractivity contribution in [3.05, 3.63) is 33.1 Å². The molecule has 66 valence electrons. The predicted octanol–water partition coefficient (Wildman–Crippen LogP) is 1.71. The second-order valence-electron chi connectivity index (χ2n) is 2.81. The molecule has 0 fully saturated rings. The van der Waals surface area contributed by atoms with Gasteiger partial charge in [0.05, 0.1) is 10.3 Å². The largest absolute Gasteiger partial charge is 0.328 e. The van der Waals surface area contributed by atoms with Gasteiger partial charge in [-0.3, -0.25) is 9.59 Å². The minimum atomic E-state index is -0.134. The molecule has 2 aromatic rings. The van der Waals surface area contributed by atoms with E-state index in [0.717, 1.165) is 16.5 Å². The number of fused-ring (bicyclic) bond motifs is 1. The van der Waals surface area contributed by atoms with Gasteiger partial charge in [-0.2, -0.15) is 0 Å². The number of aryl methyl sites for hydroxylation is 1. The molecule has 0 unspecified atom stereocenters. The molecule has 3 nitrogen and oxygen atoms in total. The van der Waals surface area contributed by atoms with E-state index >= 15 is 0 Å². The normalized spacial score (nSPS) is 10.5. The number of thiophene rings is 1. The average molecular weight is 193 g/mol. The van der Waals surface area contributed by atoms with E-state index in [1.165, 1.54) is 11.3 Å². The number of carbonyl (C=O) groups is 1. The Bertz CT molecular complexity index is 524. The minimum absolute atomic E-state index is 0.134. The fourth-order valence-electron chi connectivity index (χ4n) is 1.25. The van der Waals surface area contributed by atoms with Crippen LogP contribution < -0.4 is 5.56 Å². The maximum atomic E-state index is 11.3. The molecule has 1 N–H and O–H groups in total. The van der Waals surface area contributed by atoms with E-state index in [1.54, 1.807) is 12.3 Å². The molecule has 0 radical (unpaired) electrons. The summed E-state index contributed by atoms with van der Waals surface area (Å²) < 4.78 is 0.894. The van der Waals surface area contributed by atoms with Crippen LogP contribution in [-0.4, -0.2) is 11.3 Å². The fraction of sp³-hybridized carbons (Fsp3) is 0.111. The van der Waals surface area contributed by atoms with Crippen molar-refractivity contribution in [3.8, 4) is 0 Å². The number of aldehydes is 1. The Labute approximate surface area is 78.0 Å². The summed E-state index contributed by atoms with van der Waals surface area (Å²) in [6.07, 6.45) is 2.43. The number of H-pyrrole nitrogens is 1. The lowest BCUT2D eigenvalue weighted by Gasteiger charge is -1.91. The highest BCUT2D eigenvalue weighted by Crippen LogP contribution is 2.23. The zero-order valence-corrected chi connectivity index (χ0v) is 7.77. The number of pyridine rings is 1. The molecule has 2 rings (SSSR count). The highest BCUT2D eigenvalue weighted by Gasteiger charge is 2.06. The van der Waals surface area contributed by atoms with Crippen molar-refractivity contribution in [3.63, 3.8) is 0 Å². The molecule has 0 aliphatic rings. The summed E-state index contributed by atoms with van der Waals surface area (Å²) in [4.78, 5) is 25.0. The fourth-order valence-corrected chi connectivity index (χ4v) is 2.19. The van der Waals surface area contributed by atoms with Gasteiger partial charge in [-0.15, -0.1) is 11.3 Å². The zero-order valence-electron chi connectivity index (χ0n) is 6.96. The van der Waals surface area contributed by atoms with Crippen molar-refractivity contribution in [2.24, 2.45) is 0 Å². The van der Waals surface area contributed by atoms with Crippen LogP contribution in [0.15, 0.2) is 17.1 Å². The number of hydrogen-bond acceptors (Lipinski definition) is 3. The Morgan fingerprint density at radius 3 is 2.92 bits per heavy atom. The van der Waals surface area contributed by atoms with Crippen molar-refractivity contribution >= 4 is 27.7 Å². The highest BCUT2D eigenvalue weighted by molar-refractivity contribution is 7.20. The van der Waals surface area contributed by atoms with Crippen LogP contribution in [0.2, 0.25) is 0 Å². The second kappa shape index (κ2) is 2.81. The van der Waals surface area contributed by atoms with Crippen LogP contribution in [0.5, 0.6) is 0 Å². The standard InChI is InChI=1S/C9H7NO2S/c1-5-3-10-9(12)7-2-6(4-11)13-8(5)7/h2-4H,1H3,(H,10,12). The van der Waals surface area contributed by atoms with E-state index in [0.29, 0.717) is 10.3 Å². The summed E-state index contributed by atoms with van der Waals surface area (Å²) in [6, 6.07) is 1.62. The molecule has 0 bridgehead atoms. The zero-order chi connectivity index (χ0) is 9.42. The molecule has 0 aromatic carbocycles. The summed E-state index contributed by atoms with van der Waals surface area (Å²) in [5.41, 5.74) is 0.859. The van der Waals surface area contributed by atoms with Gasteiger partial charge in [0, 0.05) is 10.9 Å². The molecule has 0 aliphatic heterocycles. The van der Waals surface area contributed by atoms with Crippen LogP contribution in [0, 0.1) is 6.92 Å². The van der Waals surface area contributed by atoms with Crippen molar-refractivity contribution < 1.29 is 4.79 Å². The van der Waals surface area contributed by atoms with Gasteiger partial charge >= 0.3 is 0 Å². The third-order valence-corrected chi connectivity index (χ3v) is 3.09. The van der Waals surface area contributed by atoms with Gasteiger partial charge in [0.1, 0.15) is 0 Å². The summed E-state index contributed by atoms with van der Waals surface area (Å²) in [5, 5.41) is 0.604. The van der Waals surface area contributed by atoms with Crippen LogP contribution in [0.4, 0.5) is 0 Å². The molecule has 0 atom stereocenters. The molecule has 2 heterocycles. The number of aromatic amines is 1. The van der Waals surface area contributed by atoms with Gasteiger partial charge in [0.2, 0.25) is 0 Å². The van der Waals surface area contributed by atoms with E-state index in [4.69, 9.17) is 0 Å². The second-order valence-corrected chi connectivity index (χ2v) is 3.89. The van der Waals surface area contributed by atoms with E-state index < -0.39 is 0 Å². The minimum Gasteiger partial charge on any atom is -0.328 e. The predicted molar refractivity (Wildman–Crippen MR) is 52.6 cm³/mol. The van der Waals surface area contributed by atoms with E-state index in [1.807, 2.05) is 6.92 Å². The number of hydrogen-bond donors (Lipinski definition) is 1. The molecule has 0 spiro atoms. The summed E-state index contributed by atoms with van der Waals surface area (Å²) in [5.74, 6) is 0. The average Bonchev–Trinajstić information content (AvgIpc) is 2.56. The molecule has 2 aromatic heterocycles. The van der Waals surface area contributed by atoms with Crippen LogP contribution in [0.1, 0.15) is 15.2 Å². The molecular formula is C9H7NO2S. The third-order valence-electron chi connectivity index (χ3n) is 1.89. The van der Waals surface area contributed by atoms with Crippen molar-refractivity contribution in [2.75, 3.05) is 0 Å². The molecular weight excluding hydrogens is 186 g/mol. The molecule has 13 heavy (non-hydrogen) atoms. The Hall–Kier alpha value is -1.42. The first-order valence-electron chi connectivity index (χ1n) is 3.79. The van der Waals surface area contributed by atoms with Gasteiger partial charge < -0.3 is 4.98 Å². The van der Waals surface area contributed by atoms with Crippen molar-refractivity contribution in [2.45, 2.75) is 6.92 Å². The summed E-state index contributed by atoms with van der Waals surface area (Å²) >= 11 is 1.35. The molecule has 0 saturated carbocycles. The van der Waals surface area contributed by atoms with Crippen LogP contribution in [0.3, 0.4) is 0 Å². The number of rotatable bonds is 1. The number of aromatic nitrogens is 1. The summed E-state index contributed by atoms with van der Waals surface area (Å²) in [7, 11) is 0. The maximum absolute atomic E-state index is 11.3. The SMILES string of the molecule is Cc1c[nH]c(=O)c2cc(C=O)sc12. The first-order valence-corrected chi connectivity index (χ1v) is 4.61. The Morgan fingerprint density at radius 1 is 1.54 bits per heavy atom. The lowest BCUT2D eigenvalue weighted by atomic mass is 10.2. The van der Waals surface area contributed by atoms with Gasteiger partial charge in [0.25, 0.3) is 5.56 Å². The van der Waals surface area contributed by atoms with E-state index in [9.17, 15) is 9.59 Å². The molecule has 0 amide bonds. The topological polar surface area (TPSA) is 49.9 Å². The van der Waals surface area contributed by atoms with Gasteiger partial charge in [-0.25, -0.2) is 0 Å². The van der Waals surface area contributed by atoms with Crippen LogP contribution >= 0.6 is 11.3 Å². The quantitative estimate of drug-likeness (QED) is 0.701. The Balaban J connectivity index is 2.96. The van der Waals surface area contributed by atoms with E-state index in [-0.39, 0.29) is 5.56 Å².